The van der Waals surface area contributed by atoms with E-state index >= 15 is 0 Å². The van der Waals surface area contributed by atoms with E-state index in [9.17, 15) is 4.79 Å². The largest absolute Gasteiger partial charge is 0.355 e. The lowest BCUT2D eigenvalue weighted by Gasteiger charge is -2.55. The number of hydrogen-bond donors (Lipinski definition) is 1. The molecule has 4 aliphatic carbocycles. The summed E-state index contributed by atoms with van der Waals surface area (Å²) in [7, 11) is 0. The second kappa shape index (κ2) is 5.15. The van der Waals surface area contributed by atoms with E-state index in [1.165, 1.54) is 24.8 Å². The summed E-state index contributed by atoms with van der Waals surface area (Å²) in [6.07, 6.45) is 9.73. The van der Waals surface area contributed by atoms with Crippen molar-refractivity contribution in [2.45, 2.75) is 38.5 Å². The summed E-state index contributed by atoms with van der Waals surface area (Å²) in [5, 5.41) is 3.19. The fraction of sp³-hybridized carbons (Fsp3) is 0.579. The van der Waals surface area contributed by atoms with Gasteiger partial charge < -0.3 is 5.32 Å². The van der Waals surface area contributed by atoms with Gasteiger partial charge in [0.2, 0.25) is 5.91 Å². The van der Waals surface area contributed by atoms with Crippen LogP contribution < -0.4 is 5.32 Å². The molecule has 0 saturated heterocycles. The number of hydrogen-bond acceptors (Lipinski definition) is 1. The van der Waals surface area contributed by atoms with Crippen molar-refractivity contribution in [2.75, 3.05) is 6.54 Å². The van der Waals surface area contributed by atoms with Gasteiger partial charge in [0.25, 0.3) is 0 Å². The highest BCUT2D eigenvalue weighted by molar-refractivity contribution is 5.83. The van der Waals surface area contributed by atoms with Gasteiger partial charge in [0.15, 0.2) is 0 Å². The summed E-state index contributed by atoms with van der Waals surface area (Å²) in [5.74, 6) is 2.83. The first-order valence-electron chi connectivity index (χ1n) is 8.40. The van der Waals surface area contributed by atoms with E-state index in [0.717, 1.165) is 37.0 Å². The zero-order valence-corrected chi connectivity index (χ0v) is 12.6. The molecule has 4 saturated carbocycles. The second-order valence-corrected chi connectivity index (χ2v) is 7.52. The van der Waals surface area contributed by atoms with Crippen LogP contribution in [0.3, 0.4) is 0 Å². The summed E-state index contributed by atoms with van der Waals surface area (Å²) in [5.41, 5.74) is 1.17. The Morgan fingerprint density at radius 2 is 1.62 bits per heavy atom. The lowest BCUT2D eigenvalue weighted by molar-refractivity contribution is -0.146. The van der Waals surface area contributed by atoms with Gasteiger partial charge in [-0.25, -0.2) is 0 Å². The molecule has 111 valence electrons. The van der Waals surface area contributed by atoms with Crippen molar-refractivity contribution in [1.82, 2.24) is 5.32 Å². The maximum absolute atomic E-state index is 12.8. The monoisotopic (exact) mass is 282 g/mol. The Hall–Kier alpha value is -1.31. The molecule has 1 aromatic carbocycles. The van der Waals surface area contributed by atoms with Crippen LogP contribution in [0.2, 0.25) is 0 Å². The topological polar surface area (TPSA) is 29.1 Å². The fourth-order valence-corrected chi connectivity index (χ4v) is 5.43. The zero-order valence-electron chi connectivity index (χ0n) is 12.6. The smallest absolute Gasteiger partial charge is 0.226 e. The minimum Gasteiger partial charge on any atom is -0.355 e. The predicted octanol–water partition coefficient (Wildman–Crippen LogP) is 3.57. The van der Waals surface area contributed by atoms with E-state index in [4.69, 9.17) is 0 Å². The number of benzene rings is 1. The molecular weight excluding hydrogens is 258 g/mol. The van der Waals surface area contributed by atoms with Crippen LogP contribution in [0, 0.1) is 29.6 Å². The molecule has 4 bridgehead atoms. The van der Waals surface area contributed by atoms with Crippen molar-refractivity contribution >= 4 is 5.91 Å². The Bertz CT molecular complexity index is 486. The van der Waals surface area contributed by atoms with Gasteiger partial charge in [-0.15, -0.1) is 0 Å². The van der Waals surface area contributed by atoms with Crippen molar-refractivity contribution in [3.8, 4) is 0 Å². The van der Waals surface area contributed by atoms with Crippen LogP contribution in [-0.2, 0) is 4.79 Å². The van der Waals surface area contributed by atoms with E-state index in [-0.39, 0.29) is 5.41 Å². The van der Waals surface area contributed by atoms with Crippen LogP contribution in [0.5, 0.6) is 0 Å². The first-order chi connectivity index (χ1) is 10.2. The number of carbonyl (C=O) groups is 1. The molecule has 2 heteroatoms. The number of rotatable bonds is 4. The second-order valence-electron chi connectivity index (χ2n) is 7.52. The summed E-state index contributed by atoms with van der Waals surface area (Å²) in [6, 6.07) is 10.2. The minimum absolute atomic E-state index is 0.0146. The highest BCUT2D eigenvalue weighted by Gasteiger charge is 2.54. The average Bonchev–Trinajstić information content (AvgIpc) is 2.47. The third-order valence-electron chi connectivity index (χ3n) is 5.92. The van der Waals surface area contributed by atoms with Crippen molar-refractivity contribution in [2.24, 2.45) is 23.2 Å². The number of amides is 1. The molecule has 0 heterocycles. The first kappa shape index (κ1) is 13.4. The van der Waals surface area contributed by atoms with Gasteiger partial charge in [0.1, 0.15) is 0 Å². The van der Waals surface area contributed by atoms with Crippen LogP contribution in [0.25, 0.3) is 0 Å². The molecule has 21 heavy (non-hydrogen) atoms. The average molecular weight is 282 g/mol. The maximum atomic E-state index is 12.8. The van der Waals surface area contributed by atoms with Gasteiger partial charge >= 0.3 is 0 Å². The van der Waals surface area contributed by atoms with Crippen LogP contribution in [-0.4, -0.2) is 12.5 Å². The van der Waals surface area contributed by atoms with Gasteiger partial charge in [-0.1, -0.05) is 30.3 Å². The number of carbonyl (C=O) groups excluding carboxylic acids is 1. The van der Waals surface area contributed by atoms with Crippen LogP contribution >= 0.6 is 0 Å². The Labute approximate surface area is 127 Å². The van der Waals surface area contributed by atoms with Gasteiger partial charge in [-0.05, 0) is 61.8 Å². The van der Waals surface area contributed by atoms with E-state index in [0.29, 0.717) is 12.5 Å². The SMILES string of the molecule is O=C(NC[CH]c1ccccc1)C12CC3CC(CC(C3)C1)C2. The molecule has 0 atom stereocenters. The minimum atomic E-state index is -0.0146. The lowest BCUT2D eigenvalue weighted by Crippen LogP contribution is -2.53. The molecule has 1 radical (unpaired) electrons. The van der Waals surface area contributed by atoms with E-state index in [2.05, 4.69) is 23.9 Å². The van der Waals surface area contributed by atoms with Gasteiger partial charge in [0.05, 0.1) is 0 Å². The summed E-state index contributed by atoms with van der Waals surface area (Å²) < 4.78 is 0. The van der Waals surface area contributed by atoms with Crippen molar-refractivity contribution in [3.05, 3.63) is 42.3 Å². The van der Waals surface area contributed by atoms with Crippen molar-refractivity contribution in [3.63, 3.8) is 0 Å². The van der Waals surface area contributed by atoms with Gasteiger partial charge in [-0.3, -0.25) is 4.79 Å². The van der Waals surface area contributed by atoms with Crippen molar-refractivity contribution < 1.29 is 4.79 Å². The molecule has 0 aromatic heterocycles. The Balaban J connectivity index is 1.37. The molecular formula is C19H24NO. The first-order valence-corrected chi connectivity index (χ1v) is 8.40. The molecule has 4 fully saturated rings. The lowest BCUT2D eigenvalue weighted by atomic mass is 9.49. The predicted molar refractivity (Wildman–Crippen MR) is 83.5 cm³/mol. The van der Waals surface area contributed by atoms with Gasteiger partial charge in [-0.2, -0.15) is 0 Å². The standard InChI is InChI=1S/C19H24NO/c21-18(20-7-6-14-4-2-1-3-5-14)19-11-15-8-16(12-19)10-17(9-15)13-19/h1-6,15-17H,7-13H2,(H,20,21). The highest BCUT2D eigenvalue weighted by Crippen LogP contribution is 2.60. The molecule has 2 nitrogen and oxygen atoms in total. The number of nitrogens with one attached hydrogen (secondary N) is 1. The summed E-state index contributed by atoms with van der Waals surface area (Å²) in [6.45, 7) is 0.657. The Morgan fingerprint density at radius 1 is 1.05 bits per heavy atom. The Morgan fingerprint density at radius 3 is 2.19 bits per heavy atom. The van der Waals surface area contributed by atoms with Crippen LogP contribution in [0.1, 0.15) is 44.1 Å². The molecule has 0 unspecified atom stereocenters. The van der Waals surface area contributed by atoms with E-state index < -0.39 is 0 Å². The summed E-state index contributed by atoms with van der Waals surface area (Å²) >= 11 is 0. The van der Waals surface area contributed by atoms with Gasteiger partial charge in [0, 0.05) is 18.4 Å². The molecule has 1 N–H and O–H groups in total. The molecule has 0 spiro atoms. The normalized spacial score (nSPS) is 36.7. The maximum Gasteiger partial charge on any atom is 0.226 e. The third-order valence-corrected chi connectivity index (χ3v) is 5.92. The molecule has 1 aromatic rings. The zero-order chi connectivity index (χ0) is 14.3. The van der Waals surface area contributed by atoms with E-state index in [1.54, 1.807) is 0 Å². The molecule has 1 amide bonds. The van der Waals surface area contributed by atoms with Crippen molar-refractivity contribution in [1.29, 1.82) is 0 Å². The Kier molecular flexibility index (Phi) is 3.28. The molecule has 0 aliphatic heterocycles. The van der Waals surface area contributed by atoms with E-state index in [1.807, 2.05) is 18.2 Å². The quantitative estimate of drug-likeness (QED) is 0.898. The van der Waals surface area contributed by atoms with Crippen LogP contribution in [0.4, 0.5) is 0 Å². The highest BCUT2D eigenvalue weighted by atomic mass is 16.2. The fourth-order valence-electron chi connectivity index (χ4n) is 5.43. The molecule has 5 rings (SSSR count). The molecule has 4 aliphatic rings. The summed E-state index contributed by atoms with van der Waals surface area (Å²) in [4.78, 5) is 12.8. The third kappa shape index (κ3) is 2.49. The van der Waals surface area contributed by atoms with Crippen LogP contribution in [0.15, 0.2) is 30.3 Å².